The summed E-state index contributed by atoms with van der Waals surface area (Å²) < 4.78 is 4.80. The molecule has 1 aromatic rings. The highest BCUT2D eigenvalue weighted by molar-refractivity contribution is 5.95. The number of amides is 2. The van der Waals surface area contributed by atoms with Crippen LogP contribution in [0, 0.1) is 0 Å². The first-order valence-electron chi connectivity index (χ1n) is 8.27. The number of carbonyl (C=O) groups excluding carboxylic acids is 2. The lowest BCUT2D eigenvalue weighted by Gasteiger charge is -2.18. The number of phenolic OH excluding ortho intramolecular Hbond substituents is 1. The van der Waals surface area contributed by atoms with Crippen molar-refractivity contribution in [3.05, 3.63) is 29.8 Å². The maximum Gasteiger partial charge on any atom is 0.336 e. The number of hydrogen-bond donors (Lipinski definition) is 5. The number of benzene rings is 1. The van der Waals surface area contributed by atoms with Gasteiger partial charge in [-0.15, -0.1) is 0 Å². The van der Waals surface area contributed by atoms with Gasteiger partial charge in [0.05, 0.1) is 0 Å². The Labute approximate surface area is 150 Å². The highest BCUT2D eigenvalue weighted by Gasteiger charge is 2.51. The molecule has 0 aliphatic carbocycles. The lowest BCUT2D eigenvalue weighted by Crippen LogP contribution is -2.49. The molecule has 1 aliphatic rings. The van der Waals surface area contributed by atoms with Crippen LogP contribution in [0.3, 0.4) is 0 Å². The van der Waals surface area contributed by atoms with Gasteiger partial charge in [0.25, 0.3) is 5.91 Å². The summed E-state index contributed by atoms with van der Waals surface area (Å²) >= 11 is 0. The van der Waals surface area contributed by atoms with Crippen molar-refractivity contribution < 1.29 is 34.4 Å². The topological polar surface area (TPSA) is 148 Å². The molecule has 0 spiro atoms. The molecule has 0 aromatic heterocycles. The summed E-state index contributed by atoms with van der Waals surface area (Å²) in [7, 11) is 0. The average Bonchev–Trinajstić information content (AvgIpc) is 3.41. The molecule has 142 valence electrons. The molecular formula is C17H22N2O7. The minimum absolute atomic E-state index is 0.0269. The summed E-state index contributed by atoms with van der Waals surface area (Å²) in [6, 6.07) is 5.28. The van der Waals surface area contributed by atoms with Gasteiger partial charge in [-0.3, -0.25) is 9.59 Å². The van der Waals surface area contributed by atoms with Crippen LogP contribution in [0.5, 0.6) is 5.75 Å². The number of epoxide rings is 1. The second-order valence-corrected chi connectivity index (χ2v) is 5.97. The third-order valence-corrected chi connectivity index (χ3v) is 3.89. The van der Waals surface area contributed by atoms with E-state index in [1.165, 1.54) is 12.1 Å². The van der Waals surface area contributed by atoms with Gasteiger partial charge in [-0.2, -0.15) is 0 Å². The smallest absolute Gasteiger partial charge is 0.336 e. The number of carbonyl (C=O) groups is 3. The van der Waals surface area contributed by atoms with Crippen LogP contribution in [-0.4, -0.2) is 64.5 Å². The molecule has 0 unspecified atom stereocenters. The largest absolute Gasteiger partial charge is 0.508 e. The third kappa shape index (κ3) is 5.71. The number of aromatic hydroxyl groups is 1. The molecular weight excluding hydrogens is 344 g/mol. The number of carboxylic acids is 1. The Hall–Kier alpha value is -2.65. The summed E-state index contributed by atoms with van der Waals surface area (Å²) in [5.41, 5.74) is 0.713. The quantitative estimate of drug-likeness (QED) is 0.268. The molecule has 0 bridgehead atoms. The van der Waals surface area contributed by atoms with Gasteiger partial charge >= 0.3 is 5.97 Å². The standard InChI is InChI=1S/C17H22N2O7/c20-8-2-1-7-18-15(22)12(9-10-3-5-11(21)6-4-10)19-16(23)13-14(26-13)17(24)25/h3-6,12-14,20-21H,1-2,7-9H2,(H,18,22)(H,19,23)(H,24,25)/t12-,13-,14-/m0/s1. The third-order valence-electron chi connectivity index (χ3n) is 3.89. The highest BCUT2D eigenvalue weighted by atomic mass is 16.6. The van der Waals surface area contributed by atoms with Gasteiger partial charge in [0, 0.05) is 19.6 Å². The lowest BCUT2D eigenvalue weighted by molar-refractivity contribution is -0.138. The molecule has 0 saturated carbocycles. The van der Waals surface area contributed by atoms with E-state index in [1.807, 2.05) is 0 Å². The zero-order valence-electron chi connectivity index (χ0n) is 14.1. The molecule has 1 saturated heterocycles. The fourth-order valence-corrected chi connectivity index (χ4v) is 2.40. The monoisotopic (exact) mass is 366 g/mol. The molecule has 5 N–H and O–H groups in total. The Morgan fingerprint density at radius 1 is 1.12 bits per heavy atom. The van der Waals surface area contributed by atoms with E-state index < -0.39 is 36.0 Å². The van der Waals surface area contributed by atoms with Gasteiger partial charge in [-0.05, 0) is 30.5 Å². The normalized spacial score (nSPS) is 19.4. The number of aliphatic carboxylic acids is 1. The van der Waals surface area contributed by atoms with Crippen LogP contribution in [0.25, 0.3) is 0 Å². The predicted octanol–water partition coefficient (Wildman–Crippen LogP) is -0.840. The fraction of sp³-hybridized carbons (Fsp3) is 0.471. The Kier molecular flexibility index (Phi) is 6.93. The van der Waals surface area contributed by atoms with E-state index in [0.717, 1.165) is 0 Å². The molecule has 1 aromatic carbocycles. The van der Waals surface area contributed by atoms with Crippen LogP contribution < -0.4 is 10.6 Å². The van der Waals surface area contributed by atoms with E-state index in [9.17, 15) is 19.5 Å². The number of phenols is 1. The zero-order chi connectivity index (χ0) is 19.1. The number of aliphatic hydroxyl groups excluding tert-OH is 1. The second-order valence-electron chi connectivity index (χ2n) is 5.97. The number of ether oxygens (including phenoxy) is 1. The van der Waals surface area contributed by atoms with E-state index in [0.29, 0.717) is 24.9 Å². The van der Waals surface area contributed by atoms with Crippen molar-refractivity contribution in [1.29, 1.82) is 0 Å². The molecule has 0 radical (unpaired) electrons. The maximum atomic E-state index is 12.4. The first-order chi connectivity index (χ1) is 12.4. The highest BCUT2D eigenvalue weighted by Crippen LogP contribution is 2.22. The van der Waals surface area contributed by atoms with Crippen molar-refractivity contribution in [1.82, 2.24) is 10.6 Å². The number of hydrogen-bond acceptors (Lipinski definition) is 6. The van der Waals surface area contributed by atoms with Crippen molar-refractivity contribution in [3.63, 3.8) is 0 Å². The van der Waals surface area contributed by atoms with Gasteiger partial charge in [0.1, 0.15) is 11.8 Å². The zero-order valence-corrected chi connectivity index (χ0v) is 14.1. The van der Waals surface area contributed by atoms with E-state index in [2.05, 4.69) is 10.6 Å². The molecule has 1 fully saturated rings. The van der Waals surface area contributed by atoms with Crippen molar-refractivity contribution >= 4 is 17.8 Å². The number of unbranched alkanes of at least 4 members (excludes halogenated alkanes) is 1. The van der Waals surface area contributed by atoms with Crippen molar-refractivity contribution in [2.45, 2.75) is 37.5 Å². The number of rotatable bonds is 10. The average molecular weight is 366 g/mol. The molecule has 3 atom stereocenters. The number of nitrogens with one attached hydrogen (secondary N) is 2. The van der Waals surface area contributed by atoms with Crippen LogP contribution in [-0.2, 0) is 25.5 Å². The van der Waals surface area contributed by atoms with Gasteiger partial charge in [-0.25, -0.2) is 4.79 Å². The van der Waals surface area contributed by atoms with Gasteiger partial charge in [0.15, 0.2) is 12.2 Å². The van der Waals surface area contributed by atoms with Crippen LogP contribution >= 0.6 is 0 Å². The summed E-state index contributed by atoms with van der Waals surface area (Å²) in [5.74, 6) is -2.23. The molecule has 1 aliphatic heterocycles. The second kappa shape index (κ2) is 9.16. The van der Waals surface area contributed by atoms with Gasteiger partial charge < -0.3 is 30.7 Å². The summed E-state index contributed by atoms with van der Waals surface area (Å²) in [4.78, 5) is 35.3. The minimum Gasteiger partial charge on any atom is -0.508 e. The number of carboxylic acid groups (broad SMARTS) is 1. The fourth-order valence-electron chi connectivity index (χ4n) is 2.40. The molecule has 1 heterocycles. The van der Waals surface area contributed by atoms with Crippen molar-refractivity contribution in [3.8, 4) is 5.75 Å². The van der Waals surface area contributed by atoms with Gasteiger partial charge in [-0.1, -0.05) is 12.1 Å². The first kappa shape index (κ1) is 19.7. The van der Waals surface area contributed by atoms with E-state index in [4.69, 9.17) is 14.9 Å². The Morgan fingerprint density at radius 3 is 2.38 bits per heavy atom. The van der Waals surface area contributed by atoms with Crippen molar-refractivity contribution in [2.24, 2.45) is 0 Å². The van der Waals surface area contributed by atoms with Crippen LogP contribution in [0.2, 0.25) is 0 Å². The molecule has 9 nitrogen and oxygen atoms in total. The molecule has 9 heteroatoms. The summed E-state index contributed by atoms with van der Waals surface area (Å²) in [6.07, 6.45) is -0.975. The molecule has 2 rings (SSSR count). The first-order valence-corrected chi connectivity index (χ1v) is 8.27. The summed E-state index contributed by atoms with van der Waals surface area (Å²) in [6.45, 7) is 0.373. The lowest BCUT2D eigenvalue weighted by atomic mass is 10.0. The minimum atomic E-state index is -1.23. The SMILES string of the molecule is O=C(NCCCCO)[C@H](Cc1ccc(O)cc1)NC(=O)[C@H]1O[C@@H]1C(=O)O. The van der Waals surface area contributed by atoms with Crippen LogP contribution in [0.1, 0.15) is 18.4 Å². The Morgan fingerprint density at radius 2 is 1.81 bits per heavy atom. The predicted molar refractivity (Wildman–Crippen MR) is 89.4 cm³/mol. The number of aliphatic hydroxyl groups is 1. The summed E-state index contributed by atoms with van der Waals surface area (Å²) in [5, 5.41) is 32.1. The van der Waals surface area contributed by atoms with Crippen LogP contribution in [0.4, 0.5) is 0 Å². The Bertz CT molecular complexity index is 647. The van der Waals surface area contributed by atoms with Crippen molar-refractivity contribution in [2.75, 3.05) is 13.2 Å². The van der Waals surface area contributed by atoms with Gasteiger partial charge in [0.2, 0.25) is 5.91 Å². The van der Waals surface area contributed by atoms with Crippen LogP contribution in [0.15, 0.2) is 24.3 Å². The molecule has 26 heavy (non-hydrogen) atoms. The maximum absolute atomic E-state index is 12.4. The van der Waals surface area contributed by atoms with E-state index >= 15 is 0 Å². The van der Waals surface area contributed by atoms with E-state index in [-0.39, 0.29) is 18.8 Å². The van der Waals surface area contributed by atoms with E-state index in [1.54, 1.807) is 12.1 Å². The Balaban J connectivity index is 1.98. The molecule has 2 amide bonds.